The lowest BCUT2D eigenvalue weighted by Gasteiger charge is -2.38. The van der Waals surface area contributed by atoms with Crippen molar-refractivity contribution in [3.05, 3.63) is 77.7 Å². The van der Waals surface area contributed by atoms with E-state index in [0.717, 1.165) is 13.1 Å². The van der Waals surface area contributed by atoms with Gasteiger partial charge in [0.2, 0.25) is 0 Å². The molecule has 5 rings (SSSR count). The molecule has 0 unspecified atom stereocenters. The summed E-state index contributed by atoms with van der Waals surface area (Å²) in [6, 6.07) is 19.2. The first-order chi connectivity index (χ1) is 12.8. The fourth-order valence-corrected chi connectivity index (χ4v) is 4.19. The zero-order chi connectivity index (χ0) is 17.5. The van der Waals surface area contributed by atoms with Crippen molar-refractivity contribution >= 4 is 5.91 Å². The minimum atomic E-state index is -0.0503. The SMILES string of the molecule is O=C(c1ccon1)N1CCN(C2c3ccccc3-c3ccccc32)CC1. The fourth-order valence-electron chi connectivity index (χ4n) is 4.19. The molecule has 2 aliphatic rings. The molecule has 0 saturated carbocycles. The predicted molar refractivity (Wildman–Crippen MR) is 97.7 cm³/mol. The van der Waals surface area contributed by atoms with Crippen LogP contribution in [-0.4, -0.2) is 47.0 Å². The van der Waals surface area contributed by atoms with Crippen LogP contribution in [0.4, 0.5) is 0 Å². The van der Waals surface area contributed by atoms with Gasteiger partial charge in [0, 0.05) is 32.2 Å². The van der Waals surface area contributed by atoms with Crippen molar-refractivity contribution in [2.24, 2.45) is 0 Å². The van der Waals surface area contributed by atoms with Crippen LogP contribution in [0, 0.1) is 0 Å². The number of carbonyl (C=O) groups excluding carboxylic acids is 1. The normalized spacial score (nSPS) is 17.2. The van der Waals surface area contributed by atoms with E-state index in [9.17, 15) is 4.79 Å². The predicted octanol–water partition coefficient (Wildman–Crippen LogP) is 3.20. The Kier molecular flexibility index (Phi) is 3.60. The smallest absolute Gasteiger partial charge is 0.276 e. The van der Waals surface area contributed by atoms with Crippen LogP contribution in [0.15, 0.2) is 65.4 Å². The molecule has 1 saturated heterocycles. The van der Waals surface area contributed by atoms with Gasteiger partial charge in [0.1, 0.15) is 6.26 Å². The summed E-state index contributed by atoms with van der Waals surface area (Å²) in [5, 5.41) is 3.77. The van der Waals surface area contributed by atoms with Crippen LogP contribution in [0.3, 0.4) is 0 Å². The highest BCUT2D eigenvalue weighted by Gasteiger charge is 2.35. The lowest BCUT2D eigenvalue weighted by Crippen LogP contribution is -2.49. The Labute approximate surface area is 151 Å². The standard InChI is InChI=1S/C21H19N3O2/c25-21(19-9-14-26-22-19)24-12-10-23(11-13-24)20-17-7-3-1-5-15(17)16-6-2-4-8-18(16)20/h1-9,14,20H,10-13H2. The third-order valence-electron chi connectivity index (χ3n) is 5.42. The lowest BCUT2D eigenvalue weighted by atomic mass is 10.0. The third kappa shape index (κ3) is 2.35. The van der Waals surface area contributed by atoms with Crippen LogP contribution < -0.4 is 0 Å². The van der Waals surface area contributed by atoms with Gasteiger partial charge in [0.05, 0.1) is 6.04 Å². The van der Waals surface area contributed by atoms with Crippen molar-refractivity contribution in [2.75, 3.05) is 26.2 Å². The maximum atomic E-state index is 12.5. The number of hydrogen-bond donors (Lipinski definition) is 0. The Balaban J connectivity index is 1.39. The molecule has 0 atom stereocenters. The average molecular weight is 345 g/mol. The van der Waals surface area contributed by atoms with Crippen molar-refractivity contribution in [3.8, 4) is 11.1 Å². The van der Waals surface area contributed by atoms with E-state index in [4.69, 9.17) is 4.52 Å². The molecule has 0 radical (unpaired) electrons. The fraction of sp³-hybridized carbons (Fsp3) is 0.238. The summed E-state index contributed by atoms with van der Waals surface area (Å²) in [4.78, 5) is 16.8. The highest BCUT2D eigenvalue weighted by molar-refractivity contribution is 5.92. The molecule has 26 heavy (non-hydrogen) atoms. The first-order valence-electron chi connectivity index (χ1n) is 8.95. The maximum Gasteiger partial charge on any atom is 0.276 e. The Morgan fingerprint density at radius 1 is 0.885 bits per heavy atom. The third-order valence-corrected chi connectivity index (χ3v) is 5.42. The number of amides is 1. The van der Waals surface area contributed by atoms with Crippen molar-refractivity contribution < 1.29 is 9.32 Å². The van der Waals surface area contributed by atoms with Crippen LogP contribution in [0.1, 0.15) is 27.7 Å². The number of benzene rings is 2. The van der Waals surface area contributed by atoms with Gasteiger partial charge in [0.25, 0.3) is 5.91 Å². The van der Waals surface area contributed by atoms with Gasteiger partial charge in [-0.15, -0.1) is 0 Å². The van der Waals surface area contributed by atoms with Crippen molar-refractivity contribution in [3.63, 3.8) is 0 Å². The maximum absolute atomic E-state index is 12.5. The lowest BCUT2D eigenvalue weighted by molar-refractivity contribution is 0.0590. The summed E-state index contributed by atoms with van der Waals surface area (Å²) in [5.74, 6) is -0.0503. The number of hydrogen-bond acceptors (Lipinski definition) is 4. The molecular weight excluding hydrogens is 326 g/mol. The number of aromatic nitrogens is 1. The molecule has 130 valence electrons. The van der Waals surface area contributed by atoms with E-state index in [1.807, 2.05) is 4.90 Å². The molecule has 1 aliphatic heterocycles. The first kappa shape index (κ1) is 15.3. The quantitative estimate of drug-likeness (QED) is 0.716. The first-order valence-corrected chi connectivity index (χ1v) is 8.95. The topological polar surface area (TPSA) is 49.6 Å². The summed E-state index contributed by atoms with van der Waals surface area (Å²) >= 11 is 0. The van der Waals surface area contributed by atoms with Crippen molar-refractivity contribution in [2.45, 2.75) is 6.04 Å². The highest BCUT2D eigenvalue weighted by Crippen LogP contribution is 2.46. The molecule has 3 aromatic rings. The molecule has 1 amide bonds. The number of nitrogens with zero attached hydrogens (tertiary/aromatic N) is 3. The average Bonchev–Trinajstić information content (AvgIpc) is 3.34. The Morgan fingerprint density at radius 3 is 2.08 bits per heavy atom. The van der Waals surface area contributed by atoms with Gasteiger partial charge in [-0.2, -0.15) is 0 Å². The minimum absolute atomic E-state index is 0.0503. The molecule has 1 aliphatic carbocycles. The number of rotatable bonds is 2. The van der Waals surface area contributed by atoms with E-state index in [-0.39, 0.29) is 11.9 Å². The van der Waals surface area contributed by atoms with Crippen LogP contribution in [0.5, 0.6) is 0 Å². The van der Waals surface area contributed by atoms with Crippen molar-refractivity contribution in [1.82, 2.24) is 15.0 Å². The minimum Gasteiger partial charge on any atom is -0.364 e. The number of carbonyl (C=O) groups is 1. The van der Waals surface area contributed by atoms with E-state index in [1.54, 1.807) is 6.07 Å². The molecule has 2 aromatic carbocycles. The molecule has 2 heterocycles. The number of piperazine rings is 1. The van der Waals surface area contributed by atoms with Gasteiger partial charge >= 0.3 is 0 Å². The number of fused-ring (bicyclic) bond motifs is 3. The van der Waals surface area contributed by atoms with E-state index in [1.165, 1.54) is 28.5 Å². The van der Waals surface area contributed by atoms with Gasteiger partial charge < -0.3 is 9.42 Å². The van der Waals surface area contributed by atoms with E-state index in [0.29, 0.717) is 18.8 Å². The Morgan fingerprint density at radius 2 is 1.50 bits per heavy atom. The monoisotopic (exact) mass is 345 g/mol. The van der Waals surface area contributed by atoms with E-state index in [2.05, 4.69) is 58.6 Å². The van der Waals surface area contributed by atoms with Crippen LogP contribution in [0.2, 0.25) is 0 Å². The largest absolute Gasteiger partial charge is 0.364 e. The molecule has 5 nitrogen and oxygen atoms in total. The molecule has 1 fully saturated rings. The Hall–Kier alpha value is -2.92. The second-order valence-corrected chi connectivity index (χ2v) is 6.79. The summed E-state index contributed by atoms with van der Waals surface area (Å²) in [5.41, 5.74) is 5.77. The van der Waals surface area contributed by atoms with Crippen LogP contribution in [0.25, 0.3) is 11.1 Å². The van der Waals surface area contributed by atoms with Crippen LogP contribution >= 0.6 is 0 Å². The zero-order valence-corrected chi connectivity index (χ0v) is 14.3. The van der Waals surface area contributed by atoms with Gasteiger partial charge in [-0.05, 0) is 22.3 Å². The molecule has 5 heteroatoms. The molecule has 0 bridgehead atoms. The van der Waals surface area contributed by atoms with E-state index < -0.39 is 0 Å². The van der Waals surface area contributed by atoms with Crippen LogP contribution in [-0.2, 0) is 0 Å². The summed E-state index contributed by atoms with van der Waals surface area (Å²) in [7, 11) is 0. The van der Waals surface area contributed by atoms with E-state index >= 15 is 0 Å². The molecule has 1 aromatic heterocycles. The second-order valence-electron chi connectivity index (χ2n) is 6.79. The summed E-state index contributed by atoms with van der Waals surface area (Å²) < 4.78 is 4.80. The second kappa shape index (κ2) is 6.11. The van der Waals surface area contributed by atoms with Gasteiger partial charge in [0.15, 0.2) is 5.69 Å². The molecule has 0 spiro atoms. The molecule has 0 N–H and O–H groups in total. The summed E-state index contributed by atoms with van der Waals surface area (Å²) in [6.45, 7) is 3.09. The highest BCUT2D eigenvalue weighted by atomic mass is 16.5. The Bertz CT molecular complexity index is 898. The van der Waals surface area contributed by atoms with Gasteiger partial charge in [-0.3, -0.25) is 9.69 Å². The van der Waals surface area contributed by atoms with Crippen molar-refractivity contribution in [1.29, 1.82) is 0 Å². The zero-order valence-electron chi connectivity index (χ0n) is 14.3. The van der Waals surface area contributed by atoms with Gasteiger partial charge in [-0.1, -0.05) is 53.7 Å². The van der Waals surface area contributed by atoms with Gasteiger partial charge in [-0.25, -0.2) is 0 Å². The molecular formula is C21H19N3O2. The summed E-state index contributed by atoms with van der Waals surface area (Å²) in [6.07, 6.45) is 1.44.